The smallest absolute Gasteiger partial charge is 0.278 e. The summed E-state index contributed by atoms with van der Waals surface area (Å²) in [6, 6.07) is 7.52. The van der Waals surface area contributed by atoms with E-state index >= 15 is 0 Å². The standard InChI is InChI=1S/C21H23Cl2N7O2/c1-2-3-9-28-19-15(13-17(23)24-19)20(31)29(21(28)32)10-6-11-30-26-18(25-27-30)12-14-7-4-5-8-16(14)22/h4-5,7-8H,2-3,6,9-13H2,1H3. The predicted molar refractivity (Wildman–Crippen MR) is 123 cm³/mol. The number of hydrogen-bond donors (Lipinski definition) is 0. The van der Waals surface area contributed by atoms with Crippen molar-refractivity contribution < 1.29 is 0 Å². The number of aryl methyl sites for hydroxylation is 1. The Morgan fingerprint density at radius 1 is 1.03 bits per heavy atom. The molecule has 2 aromatic heterocycles. The van der Waals surface area contributed by atoms with Crippen LogP contribution in [0, 0.1) is 0 Å². The van der Waals surface area contributed by atoms with Crippen LogP contribution in [0.1, 0.15) is 43.1 Å². The van der Waals surface area contributed by atoms with Crippen molar-refractivity contribution in [3.05, 3.63) is 67.1 Å². The first-order chi connectivity index (χ1) is 15.5. The molecule has 11 heteroatoms. The van der Waals surface area contributed by atoms with Gasteiger partial charge in [-0.2, -0.15) is 4.80 Å². The average Bonchev–Trinajstić information content (AvgIpc) is 3.38. The van der Waals surface area contributed by atoms with Gasteiger partial charge in [-0.15, -0.1) is 10.2 Å². The summed E-state index contributed by atoms with van der Waals surface area (Å²) in [5.74, 6) is 0.957. The normalized spacial score (nSPS) is 12.8. The van der Waals surface area contributed by atoms with Gasteiger partial charge in [-0.25, -0.2) is 9.79 Å². The summed E-state index contributed by atoms with van der Waals surface area (Å²) in [4.78, 5) is 31.6. The van der Waals surface area contributed by atoms with E-state index in [1.165, 1.54) is 9.36 Å². The highest BCUT2D eigenvalue weighted by molar-refractivity contribution is 6.66. The maximum atomic E-state index is 13.0. The molecule has 0 fully saturated rings. The number of benzene rings is 1. The van der Waals surface area contributed by atoms with Gasteiger partial charge in [0.1, 0.15) is 11.0 Å². The molecule has 0 radical (unpaired) electrons. The van der Waals surface area contributed by atoms with E-state index in [0.29, 0.717) is 53.3 Å². The molecule has 4 rings (SSSR count). The number of hydrogen-bond acceptors (Lipinski definition) is 6. The van der Waals surface area contributed by atoms with Gasteiger partial charge in [0, 0.05) is 31.0 Å². The number of rotatable bonds is 9. The molecule has 1 aliphatic rings. The zero-order valence-corrected chi connectivity index (χ0v) is 19.2. The van der Waals surface area contributed by atoms with Crippen LogP contribution in [0.4, 0.5) is 5.82 Å². The summed E-state index contributed by atoms with van der Waals surface area (Å²) in [7, 11) is 0. The van der Waals surface area contributed by atoms with Crippen molar-refractivity contribution in [3.8, 4) is 0 Å². The molecule has 168 valence electrons. The Bertz CT molecular complexity index is 1280. The molecule has 0 saturated heterocycles. The van der Waals surface area contributed by atoms with Crippen LogP contribution in [0.25, 0.3) is 0 Å². The van der Waals surface area contributed by atoms with Crippen LogP contribution in [-0.2, 0) is 32.5 Å². The summed E-state index contributed by atoms with van der Waals surface area (Å²) in [6.45, 7) is 3.21. The fourth-order valence-electron chi connectivity index (χ4n) is 3.67. The van der Waals surface area contributed by atoms with E-state index in [4.69, 9.17) is 23.2 Å². The number of tetrazole rings is 1. The van der Waals surface area contributed by atoms with Crippen LogP contribution in [0.2, 0.25) is 5.02 Å². The molecule has 1 aromatic carbocycles. The van der Waals surface area contributed by atoms with Crippen LogP contribution < -0.4 is 11.2 Å². The molecule has 3 heterocycles. The molecule has 0 aliphatic carbocycles. The van der Waals surface area contributed by atoms with E-state index in [9.17, 15) is 9.59 Å². The van der Waals surface area contributed by atoms with Gasteiger partial charge in [0.05, 0.1) is 12.1 Å². The molecule has 9 nitrogen and oxygen atoms in total. The lowest BCUT2D eigenvalue weighted by Crippen LogP contribution is -2.41. The zero-order valence-electron chi connectivity index (χ0n) is 17.7. The molecule has 3 aromatic rings. The van der Waals surface area contributed by atoms with E-state index in [1.807, 2.05) is 31.2 Å². The Labute approximate surface area is 194 Å². The summed E-state index contributed by atoms with van der Waals surface area (Å²) < 4.78 is 2.83. The van der Waals surface area contributed by atoms with Crippen LogP contribution in [0.5, 0.6) is 0 Å². The lowest BCUT2D eigenvalue weighted by molar-refractivity contribution is 0.448. The second-order valence-corrected chi connectivity index (χ2v) is 8.48. The largest absolute Gasteiger partial charge is 0.332 e. The second-order valence-electron chi connectivity index (χ2n) is 7.63. The van der Waals surface area contributed by atoms with Crippen molar-refractivity contribution in [2.75, 3.05) is 0 Å². The number of aromatic nitrogens is 6. The topological polar surface area (TPSA) is 100.0 Å². The average molecular weight is 476 g/mol. The highest BCUT2D eigenvalue weighted by atomic mass is 35.5. The Balaban J connectivity index is 1.47. The molecule has 0 N–H and O–H groups in total. The third-order valence-corrected chi connectivity index (χ3v) is 5.90. The van der Waals surface area contributed by atoms with Gasteiger partial charge in [-0.1, -0.05) is 54.7 Å². The van der Waals surface area contributed by atoms with E-state index < -0.39 is 0 Å². The first kappa shape index (κ1) is 22.4. The molecule has 0 unspecified atom stereocenters. The minimum Gasteiger partial charge on any atom is -0.278 e. The first-order valence-electron chi connectivity index (χ1n) is 10.6. The quantitative estimate of drug-likeness (QED) is 0.473. The van der Waals surface area contributed by atoms with Crippen molar-refractivity contribution in [2.24, 2.45) is 4.99 Å². The van der Waals surface area contributed by atoms with E-state index in [1.54, 1.807) is 4.57 Å². The van der Waals surface area contributed by atoms with Gasteiger partial charge in [0.25, 0.3) is 5.56 Å². The first-order valence-corrected chi connectivity index (χ1v) is 11.3. The molecule has 0 amide bonds. The minimum absolute atomic E-state index is 0.246. The molecule has 1 aliphatic heterocycles. The van der Waals surface area contributed by atoms with E-state index in [0.717, 1.165) is 18.4 Å². The fraction of sp³-hybridized carbons (Fsp3) is 0.429. The van der Waals surface area contributed by atoms with Crippen molar-refractivity contribution in [3.63, 3.8) is 0 Å². The Kier molecular flexibility index (Phi) is 6.86. The lowest BCUT2D eigenvalue weighted by atomic mass is 10.1. The van der Waals surface area contributed by atoms with Gasteiger partial charge >= 0.3 is 5.69 Å². The maximum absolute atomic E-state index is 13.0. The van der Waals surface area contributed by atoms with Gasteiger partial charge in [-0.3, -0.25) is 13.9 Å². The SMILES string of the molecule is CCCCn1c2c(c(=O)n(CCCn3nnc(Cc4ccccc4Cl)n3)c1=O)CC(Cl)=N2. The third-order valence-electron chi connectivity index (χ3n) is 5.32. The number of fused-ring (bicyclic) bond motifs is 1. The lowest BCUT2D eigenvalue weighted by Gasteiger charge is -2.13. The van der Waals surface area contributed by atoms with Crippen molar-refractivity contribution in [2.45, 2.75) is 58.7 Å². The van der Waals surface area contributed by atoms with Crippen LogP contribution >= 0.6 is 23.2 Å². The number of aliphatic imine (C=N–C) groups is 1. The van der Waals surface area contributed by atoms with Crippen LogP contribution in [-0.4, -0.2) is 34.5 Å². The zero-order chi connectivity index (χ0) is 22.7. The van der Waals surface area contributed by atoms with Crippen LogP contribution in [0.3, 0.4) is 0 Å². The monoisotopic (exact) mass is 475 g/mol. The summed E-state index contributed by atoms with van der Waals surface area (Å²) in [6.07, 6.45) is 2.98. The molecule has 0 saturated carbocycles. The van der Waals surface area contributed by atoms with Gasteiger partial charge in [0.15, 0.2) is 5.82 Å². The predicted octanol–water partition coefficient (Wildman–Crippen LogP) is 2.96. The van der Waals surface area contributed by atoms with Crippen LogP contribution in [0.15, 0.2) is 38.8 Å². The minimum atomic E-state index is -0.358. The molecule has 0 bridgehead atoms. The Morgan fingerprint density at radius 3 is 2.59 bits per heavy atom. The van der Waals surface area contributed by atoms with Crippen molar-refractivity contribution in [1.29, 1.82) is 0 Å². The maximum Gasteiger partial charge on any atom is 0.332 e. The number of unbranched alkanes of at least 4 members (excludes halogenated alkanes) is 1. The molecule has 0 atom stereocenters. The molecular weight excluding hydrogens is 453 g/mol. The fourth-order valence-corrected chi connectivity index (χ4v) is 4.08. The summed E-state index contributed by atoms with van der Waals surface area (Å²) in [5, 5.41) is 13.5. The highest BCUT2D eigenvalue weighted by Gasteiger charge is 2.24. The summed E-state index contributed by atoms with van der Waals surface area (Å²) >= 11 is 12.3. The Morgan fingerprint density at radius 2 is 1.81 bits per heavy atom. The van der Waals surface area contributed by atoms with E-state index in [2.05, 4.69) is 20.4 Å². The second kappa shape index (κ2) is 9.79. The van der Waals surface area contributed by atoms with Gasteiger partial charge in [-0.05, 0) is 29.7 Å². The molecule has 32 heavy (non-hydrogen) atoms. The molecule has 0 spiro atoms. The third kappa shape index (κ3) is 4.68. The van der Waals surface area contributed by atoms with Crippen molar-refractivity contribution in [1.82, 2.24) is 29.3 Å². The highest BCUT2D eigenvalue weighted by Crippen LogP contribution is 2.24. The van der Waals surface area contributed by atoms with Gasteiger partial charge in [0.2, 0.25) is 0 Å². The Hall–Kier alpha value is -2.78. The van der Waals surface area contributed by atoms with E-state index in [-0.39, 0.29) is 24.2 Å². The van der Waals surface area contributed by atoms with Gasteiger partial charge < -0.3 is 0 Å². The van der Waals surface area contributed by atoms with Crippen molar-refractivity contribution >= 4 is 34.2 Å². The molecular formula is C21H23Cl2N7O2. The number of halogens is 2. The summed E-state index contributed by atoms with van der Waals surface area (Å²) in [5.41, 5.74) is 0.713. The number of nitrogens with zero attached hydrogens (tertiary/aromatic N) is 7.